The molecule has 2 aromatic carbocycles. The highest BCUT2D eigenvalue weighted by Crippen LogP contribution is 2.32. The minimum Gasteiger partial charge on any atom is -0.381 e. The first-order valence-electron chi connectivity index (χ1n) is 12.7. The summed E-state index contributed by atoms with van der Waals surface area (Å²) in [7, 11) is 2.19. The van der Waals surface area contributed by atoms with E-state index in [9.17, 15) is 0 Å². The molecule has 3 heterocycles. The largest absolute Gasteiger partial charge is 0.381 e. The number of fused-ring (bicyclic) bond motifs is 2. The second kappa shape index (κ2) is 13.6. The van der Waals surface area contributed by atoms with Crippen LogP contribution in [-0.4, -0.2) is 28.5 Å². The zero-order chi connectivity index (χ0) is 26.8. The lowest BCUT2D eigenvalue weighted by Gasteiger charge is -2.25. The molecule has 0 unspecified atom stereocenters. The summed E-state index contributed by atoms with van der Waals surface area (Å²) in [4.78, 5) is 11.0. The zero-order valence-corrected chi connectivity index (χ0v) is 23.3. The summed E-state index contributed by atoms with van der Waals surface area (Å²) in [5.74, 6) is 1.61. The minimum atomic E-state index is 0.762. The number of nitrogens with zero attached hydrogens (tertiary/aromatic N) is 3. The second-order valence-corrected chi connectivity index (χ2v) is 8.94. The predicted octanol–water partition coefficient (Wildman–Crippen LogP) is 7.03. The van der Waals surface area contributed by atoms with Crippen LogP contribution in [0.15, 0.2) is 56.3 Å². The molecule has 0 saturated carbocycles. The van der Waals surface area contributed by atoms with E-state index in [0.717, 1.165) is 47.2 Å². The summed E-state index contributed by atoms with van der Waals surface area (Å²) in [5.41, 5.74) is 11.4. The average molecular weight is 486 g/mol. The van der Waals surface area contributed by atoms with Crippen molar-refractivity contribution >= 4 is 17.2 Å². The van der Waals surface area contributed by atoms with Crippen molar-refractivity contribution in [2.24, 2.45) is 0 Å². The Bertz CT molecular complexity index is 1180. The molecule has 2 aliphatic heterocycles. The van der Waals surface area contributed by atoms with Gasteiger partial charge in [-0.15, -0.1) is 13.2 Å². The molecule has 2 N–H and O–H groups in total. The fourth-order valence-electron chi connectivity index (χ4n) is 4.28. The highest BCUT2D eigenvalue weighted by molar-refractivity contribution is 5.81. The SMILES string of the molecule is C=C.C=C1NCc2cccc(Nc3nc(C)ncc3C)c21.CC.Cc1cc2c(cc1C)CN(C)CC2. The molecule has 0 atom stereocenters. The molecule has 0 fully saturated rings. The summed E-state index contributed by atoms with van der Waals surface area (Å²) in [6.45, 7) is 25.5. The molecule has 0 spiro atoms. The molecule has 192 valence electrons. The third-order valence-electron chi connectivity index (χ3n) is 6.31. The van der Waals surface area contributed by atoms with Gasteiger partial charge in [0.05, 0.1) is 0 Å². The summed E-state index contributed by atoms with van der Waals surface area (Å²) in [6.07, 6.45) is 3.05. The number of aryl methyl sites for hydroxylation is 4. The van der Waals surface area contributed by atoms with Crippen LogP contribution in [0.5, 0.6) is 0 Å². The highest BCUT2D eigenvalue weighted by atomic mass is 15.1. The molecule has 0 aliphatic carbocycles. The fourth-order valence-corrected chi connectivity index (χ4v) is 4.28. The van der Waals surface area contributed by atoms with Gasteiger partial charge in [0.15, 0.2) is 0 Å². The maximum Gasteiger partial charge on any atom is 0.137 e. The molecule has 36 heavy (non-hydrogen) atoms. The first-order valence-corrected chi connectivity index (χ1v) is 12.7. The molecule has 1 aromatic heterocycles. The Morgan fingerprint density at radius 2 is 1.61 bits per heavy atom. The fraction of sp³-hybridized carbons (Fsp3) is 0.355. The molecular weight excluding hydrogens is 442 g/mol. The Kier molecular flexibility index (Phi) is 10.9. The molecular formula is C31H43N5. The molecule has 0 amide bonds. The van der Waals surface area contributed by atoms with E-state index < -0.39 is 0 Å². The van der Waals surface area contributed by atoms with Gasteiger partial charge >= 0.3 is 0 Å². The van der Waals surface area contributed by atoms with Crippen molar-refractivity contribution in [3.8, 4) is 0 Å². The van der Waals surface area contributed by atoms with Crippen LogP contribution in [0.3, 0.4) is 0 Å². The van der Waals surface area contributed by atoms with Crippen LogP contribution in [0, 0.1) is 27.7 Å². The van der Waals surface area contributed by atoms with Gasteiger partial charge in [-0.25, -0.2) is 9.97 Å². The Labute approximate surface area is 218 Å². The van der Waals surface area contributed by atoms with E-state index in [1.807, 2.05) is 46.0 Å². The van der Waals surface area contributed by atoms with E-state index in [1.54, 1.807) is 5.56 Å². The maximum atomic E-state index is 4.45. The Morgan fingerprint density at radius 1 is 0.944 bits per heavy atom. The van der Waals surface area contributed by atoms with Gasteiger partial charge in [-0.05, 0) is 75.0 Å². The molecule has 5 rings (SSSR count). The normalized spacial score (nSPS) is 13.4. The number of hydrogen-bond donors (Lipinski definition) is 2. The number of aromatic nitrogens is 2. The van der Waals surface area contributed by atoms with E-state index in [1.165, 1.54) is 35.2 Å². The van der Waals surface area contributed by atoms with Gasteiger partial charge in [-0.1, -0.05) is 44.7 Å². The Morgan fingerprint density at radius 3 is 2.31 bits per heavy atom. The third kappa shape index (κ3) is 7.05. The lowest BCUT2D eigenvalue weighted by Crippen LogP contribution is -2.26. The van der Waals surface area contributed by atoms with Gasteiger partial charge in [0.1, 0.15) is 11.6 Å². The zero-order valence-electron chi connectivity index (χ0n) is 23.3. The molecule has 3 aromatic rings. The van der Waals surface area contributed by atoms with E-state index in [-0.39, 0.29) is 0 Å². The lowest BCUT2D eigenvalue weighted by atomic mass is 9.95. The summed E-state index contributed by atoms with van der Waals surface area (Å²) in [6, 6.07) is 10.9. The van der Waals surface area contributed by atoms with Crippen molar-refractivity contribution in [1.29, 1.82) is 0 Å². The molecule has 0 radical (unpaired) electrons. The first-order chi connectivity index (χ1) is 17.3. The molecule has 5 heteroatoms. The number of rotatable bonds is 2. The van der Waals surface area contributed by atoms with Gasteiger partial charge in [0.25, 0.3) is 0 Å². The van der Waals surface area contributed by atoms with Gasteiger partial charge in [-0.2, -0.15) is 0 Å². The Balaban J connectivity index is 0.000000235. The van der Waals surface area contributed by atoms with Crippen LogP contribution in [0.1, 0.15) is 58.6 Å². The molecule has 2 aliphatic rings. The van der Waals surface area contributed by atoms with Gasteiger partial charge in [0, 0.05) is 48.3 Å². The Hall–Kier alpha value is -3.44. The number of hydrogen-bond acceptors (Lipinski definition) is 5. The lowest BCUT2D eigenvalue weighted by molar-refractivity contribution is 0.313. The van der Waals surface area contributed by atoms with Crippen LogP contribution < -0.4 is 10.6 Å². The highest BCUT2D eigenvalue weighted by Gasteiger charge is 2.18. The summed E-state index contributed by atoms with van der Waals surface area (Å²) < 4.78 is 0. The van der Waals surface area contributed by atoms with E-state index in [0.29, 0.717) is 0 Å². The number of nitrogens with one attached hydrogen (secondary N) is 2. The van der Waals surface area contributed by atoms with Crippen molar-refractivity contribution in [2.75, 3.05) is 18.9 Å². The van der Waals surface area contributed by atoms with Crippen LogP contribution in [0.4, 0.5) is 11.5 Å². The molecule has 5 nitrogen and oxygen atoms in total. The van der Waals surface area contributed by atoms with E-state index in [2.05, 4.69) is 84.3 Å². The van der Waals surface area contributed by atoms with Crippen molar-refractivity contribution in [2.45, 2.75) is 61.1 Å². The second-order valence-electron chi connectivity index (χ2n) is 8.94. The summed E-state index contributed by atoms with van der Waals surface area (Å²) >= 11 is 0. The standard InChI is InChI=1S/C15H16N4.C12H17N.C2H6.C2H4/c1-9-7-17-11(3)18-15(9)19-13-6-4-5-12-8-16-10(2)14(12)13;1-9-6-11-4-5-13(3)8-12(11)7-10(9)2;2*1-2/h4-7,16H,2,8H2,1,3H3,(H,17,18,19);6-7H,4-5,8H2,1-3H3;1-2H3;1-2H2. The van der Waals surface area contributed by atoms with Crippen LogP contribution in [0.2, 0.25) is 0 Å². The number of anilines is 2. The first kappa shape index (κ1) is 28.8. The molecule has 0 saturated heterocycles. The van der Waals surface area contributed by atoms with Crippen molar-refractivity contribution in [3.63, 3.8) is 0 Å². The van der Waals surface area contributed by atoms with Crippen molar-refractivity contribution in [1.82, 2.24) is 20.2 Å². The van der Waals surface area contributed by atoms with Crippen molar-refractivity contribution < 1.29 is 0 Å². The number of likely N-dealkylation sites (N-methyl/N-ethyl adjacent to an activating group) is 1. The topological polar surface area (TPSA) is 53.1 Å². The van der Waals surface area contributed by atoms with Gasteiger partial charge in [0.2, 0.25) is 0 Å². The van der Waals surface area contributed by atoms with Crippen LogP contribution in [0.25, 0.3) is 5.70 Å². The third-order valence-corrected chi connectivity index (χ3v) is 6.31. The van der Waals surface area contributed by atoms with E-state index >= 15 is 0 Å². The molecule has 0 bridgehead atoms. The van der Waals surface area contributed by atoms with Crippen LogP contribution in [-0.2, 0) is 19.5 Å². The minimum absolute atomic E-state index is 0.762. The quantitative estimate of drug-likeness (QED) is 0.382. The van der Waals surface area contributed by atoms with Gasteiger partial charge in [-0.3, -0.25) is 0 Å². The van der Waals surface area contributed by atoms with Crippen molar-refractivity contribution in [3.05, 3.63) is 101 Å². The average Bonchev–Trinajstić information content (AvgIpc) is 3.27. The monoisotopic (exact) mass is 485 g/mol. The number of benzene rings is 2. The van der Waals surface area contributed by atoms with E-state index in [4.69, 9.17) is 0 Å². The predicted molar refractivity (Wildman–Crippen MR) is 156 cm³/mol. The van der Waals surface area contributed by atoms with Crippen LogP contribution >= 0.6 is 0 Å². The smallest absolute Gasteiger partial charge is 0.137 e. The van der Waals surface area contributed by atoms with Gasteiger partial charge < -0.3 is 15.5 Å². The summed E-state index contributed by atoms with van der Waals surface area (Å²) in [5, 5.41) is 6.66. The maximum absolute atomic E-state index is 4.45.